The molecule has 4 nitrogen and oxygen atoms in total. The van der Waals surface area contributed by atoms with Crippen LogP contribution in [0.2, 0.25) is 0 Å². The number of aromatic hydroxyl groups is 1. The van der Waals surface area contributed by atoms with E-state index in [0.717, 1.165) is 5.56 Å². The monoisotopic (exact) mass is 242 g/mol. The predicted molar refractivity (Wildman–Crippen MR) is 67.2 cm³/mol. The van der Waals surface area contributed by atoms with Crippen LogP contribution in [0.4, 0.5) is 10.5 Å². The van der Waals surface area contributed by atoms with E-state index >= 15 is 0 Å². The molecule has 2 rings (SSSR count). The standard InChI is InChI=1S/C14H12NO3/c16-13-8-4-7-12(9-13)15-14(17)18-10-11-5-2-1-3-6-11/h1-8,16H,10H2,(H,15,17). The van der Waals surface area contributed by atoms with Crippen LogP contribution in [0.25, 0.3) is 0 Å². The summed E-state index contributed by atoms with van der Waals surface area (Å²) in [5, 5.41) is 11.7. The first-order valence-electron chi connectivity index (χ1n) is 5.43. The number of anilines is 1. The van der Waals surface area contributed by atoms with Crippen molar-refractivity contribution in [1.82, 2.24) is 0 Å². The molecule has 2 N–H and O–H groups in total. The molecule has 0 spiro atoms. The average Bonchev–Trinajstić information content (AvgIpc) is 2.38. The maximum Gasteiger partial charge on any atom is 0.411 e. The summed E-state index contributed by atoms with van der Waals surface area (Å²) in [7, 11) is 0. The first-order chi connectivity index (χ1) is 8.74. The molecule has 0 aliphatic carbocycles. The van der Waals surface area contributed by atoms with Crippen LogP contribution in [-0.2, 0) is 11.3 Å². The second kappa shape index (κ2) is 5.72. The van der Waals surface area contributed by atoms with Gasteiger partial charge in [0.05, 0.1) is 11.8 Å². The lowest BCUT2D eigenvalue weighted by Crippen LogP contribution is -2.13. The zero-order chi connectivity index (χ0) is 12.8. The van der Waals surface area contributed by atoms with Gasteiger partial charge < -0.3 is 9.84 Å². The van der Waals surface area contributed by atoms with Crippen molar-refractivity contribution in [2.45, 2.75) is 6.61 Å². The third-order valence-electron chi connectivity index (χ3n) is 2.23. The van der Waals surface area contributed by atoms with Gasteiger partial charge in [-0.05, 0) is 17.7 Å². The number of amides is 1. The molecule has 0 aromatic heterocycles. The smallest absolute Gasteiger partial charge is 0.411 e. The summed E-state index contributed by atoms with van der Waals surface area (Å²) in [5.41, 5.74) is 1.28. The van der Waals surface area contributed by atoms with E-state index in [1.807, 2.05) is 30.3 Å². The van der Waals surface area contributed by atoms with Crippen molar-refractivity contribution < 1.29 is 14.6 Å². The first kappa shape index (κ1) is 12.0. The van der Waals surface area contributed by atoms with E-state index in [1.165, 1.54) is 6.07 Å². The molecule has 0 saturated carbocycles. The highest BCUT2D eigenvalue weighted by molar-refractivity contribution is 5.84. The number of phenolic OH excluding ortho intramolecular Hbond substituents is 1. The number of carbonyl (C=O) groups is 1. The summed E-state index contributed by atoms with van der Waals surface area (Å²) in [4.78, 5) is 11.5. The number of hydrogen-bond donors (Lipinski definition) is 2. The lowest BCUT2D eigenvalue weighted by Gasteiger charge is -2.06. The van der Waals surface area contributed by atoms with Gasteiger partial charge in [0.15, 0.2) is 0 Å². The van der Waals surface area contributed by atoms with Gasteiger partial charge >= 0.3 is 6.09 Å². The molecule has 0 unspecified atom stereocenters. The van der Waals surface area contributed by atoms with Gasteiger partial charge in [-0.2, -0.15) is 0 Å². The van der Waals surface area contributed by atoms with E-state index in [0.29, 0.717) is 5.69 Å². The van der Waals surface area contributed by atoms with Crippen LogP contribution < -0.4 is 5.32 Å². The van der Waals surface area contributed by atoms with Crippen LogP contribution in [-0.4, -0.2) is 11.2 Å². The lowest BCUT2D eigenvalue weighted by molar-refractivity contribution is 0.155. The molecule has 0 heterocycles. The quantitative estimate of drug-likeness (QED) is 0.870. The van der Waals surface area contributed by atoms with Crippen LogP contribution in [0.5, 0.6) is 5.75 Å². The van der Waals surface area contributed by atoms with Crippen molar-refractivity contribution in [3.63, 3.8) is 0 Å². The molecule has 0 fully saturated rings. The first-order valence-corrected chi connectivity index (χ1v) is 5.43. The maximum absolute atomic E-state index is 11.5. The Balaban J connectivity index is 1.86. The van der Waals surface area contributed by atoms with Gasteiger partial charge in [-0.1, -0.05) is 36.4 Å². The molecule has 2 aromatic rings. The molecule has 0 atom stereocenters. The highest BCUT2D eigenvalue weighted by Gasteiger charge is 2.04. The van der Waals surface area contributed by atoms with Crippen LogP contribution in [0.15, 0.2) is 48.5 Å². The van der Waals surface area contributed by atoms with Gasteiger partial charge in [0.25, 0.3) is 0 Å². The highest BCUT2D eigenvalue weighted by Crippen LogP contribution is 2.14. The number of benzene rings is 2. The van der Waals surface area contributed by atoms with Crippen molar-refractivity contribution in [3.05, 3.63) is 60.2 Å². The van der Waals surface area contributed by atoms with Crippen molar-refractivity contribution >= 4 is 11.8 Å². The van der Waals surface area contributed by atoms with Crippen molar-refractivity contribution in [3.8, 4) is 5.75 Å². The molecular formula is C14H12NO3. The van der Waals surface area contributed by atoms with Crippen molar-refractivity contribution in [1.29, 1.82) is 0 Å². The Morgan fingerprint density at radius 2 is 1.94 bits per heavy atom. The molecule has 0 aliphatic rings. The number of nitrogens with one attached hydrogen (secondary N) is 1. The van der Waals surface area contributed by atoms with E-state index in [4.69, 9.17) is 4.74 Å². The van der Waals surface area contributed by atoms with E-state index in [1.54, 1.807) is 12.1 Å². The third-order valence-corrected chi connectivity index (χ3v) is 2.23. The molecule has 0 bridgehead atoms. The fourth-order valence-corrected chi connectivity index (χ4v) is 1.40. The summed E-state index contributed by atoms with van der Waals surface area (Å²) >= 11 is 0. The van der Waals surface area contributed by atoms with Crippen LogP contribution >= 0.6 is 0 Å². The molecule has 2 aromatic carbocycles. The van der Waals surface area contributed by atoms with Gasteiger partial charge in [0, 0.05) is 0 Å². The summed E-state index contributed by atoms with van der Waals surface area (Å²) < 4.78 is 5.02. The predicted octanol–water partition coefficient (Wildman–Crippen LogP) is 2.94. The van der Waals surface area contributed by atoms with Gasteiger partial charge in [-0.25, -0.2) is 4.79 Å². The van der Waals surface area contributed by atoms with Gasteiger partial charge in [0.2, 0.25) is 0 Å². The number of hydrogen-bond acceptors (Lipinski definition) is 3. The Kier molecular flexibility index (Phi) is 3.81. The summed E-state index contributed by atoms with van der Waals surface area (Å²) in [6, 6.07) is 16.7. The fourth-order valence-electron chi connectivity index (χ4n) is 1.40. The van der Waals surface area contributed by atoms with E-state index in [-0.39, 0.29) is 12.4 Å². The van der Waals surface area contributed by atoms with Gasteiger partial charge in [-0.3, -0.25) is 5.32 Å². The largest absolute Gasteiger partial charge is 0.507 e. The van der Waals surface area contributed by atoms with E-state index < -0.39 is 6.09 Å². The number of rotatable bonds is 3. The molecular weight excluding hydrogens is 230 g/mol. The SMILES string of the molecule is O=C(Nc1[c]c(O)ccc1)OCc1ccccc1. The van der Waals surface area contributed by atoms with Crippen LogP contribution in [0.3, 0.4) is 0 Å². The van der Waals surface area contributed by atoms with Gasteiger partial charge in [-0.15, -0.1) is 0 Å². The Labute approximate surface area is 105 Å². The van der Waals surface area contributed by atoms with E-state index in [9.17, 15) is 9.90 Å². The number of phenols is 1. The minimum Gasteiger partial charge on any atom is -0.507 e. The van der Waals surface area contributed by atoms with Crippen LogP contribution in [0, 0.1) is 6.07 Å². The zero-order valence-corrected chi connectivity index (χ0v) is 9.59. The second-order valence-corrected chi connectivity index (χ2v) is 3.64. The Morgan fingerprint density at radius 1 is 1.17 bits per heavy atom. The van der Waals surface area contributed by atoms with Gasteiger partial charge in [0.1, 0.15) is 12.4 Å². The summed E-state index contributed by atoms with van der Waals surface area (Å²) in [6.07, 6.45) is -0.583. The topological polar surface area (TPSA) is 58.6 Å². The van der Waals surface area contributed by atoms with Crippen LogP contribution in [0.1, 0.15) is 5.56 Å². The molecule has 1 amide bonds. The molecule has 0 aliphatic heterocycles. The molecule has 0 saturated heterocycles. The molecule has 4 heteroatoms. The minimum atomic E-state index is -0.583. The fraction of sp³-hybridized carbons (Fsp3) is 0.0714. The van der Waals surface area contributed by atoms with E-state index in [2.05, 4.69) is 11.4 Å². The maximum atomic E-state index is 11.5. The molecule has 91 valence electrons. The molecule has 1 radical (unpaired) electrons. The normalized spacial score (nSPS) is 9.78. The second-order valence-electron chi connectivity index (χ2n) is 3.64. The Bertz CT molecular complexity index is 526. The average molecular weight is 242 g/mol. The van der Waals surface area contributed by atoms with Crippen molar-refractivity contribution in [2.24, 2.45) is 0 Å². The zero-order valence-electron chi connectivity index (χ0n) is 9.59. The Hall–Kier alpha value is -2.49. The Morgan fingerprint density at radius 3 is 2.67 bits per heavy atom. The highest BCUT2D eigenvalue weighted by atomic mass is 16.5. The third kappa shape index (κ3) is 3.52. The minimum absolute atomic E-state index is 0.0316. The lowest BCUT2D eigenvalue weighted by atomic mass is 10.2. The number of carbonyl (C=O) groups excluding carboxylic acids is 1. The van der Waals surface area contributed by atoms with Crippen molar-refractivity contribution in [2.75, 3.05) is 5.32 Å². The number of ether oxygens (including phenoxy) is 1. The summed E-state index contributed by atoms with van der Waals surface area (Å²) in [6.45, 7) is 0.200. The molecule has 18 heavy (non-hydrogen) atoms. The summed E-state index contributed by atoms with van der Waals surface area (Å²) in [5.74, 6) is -0.0316.